The summed E-state index contributed by atoms with van der Waals surface area (Å²) < 4.78 is 23.7. The fourth-order valence-corrected chi connectivity index (χ4v) is 8.79. The zero-order valence-electron chi connectivity index (χ0n) is 43.0. The summed E-state index contributed by atoms with van der Waals surface area (Å²) >= 11 is 0. The number of likely N-dealkylation sites (N-methyl/N-ethyl adjacent to an activating group) is 1. The topological polar surface area (TPSA) is 105 Å². The number of allylic oxidation sites excluding steroid dienone is 6. The number of hydrogen-bond donors (Lipinski definition) is 3. The maximum Gasteiger partial charge on any atom is 0.472 e. The van der Waals surface area contributed by atoms with Gasteiger partial charge in [0.15, 0.2) is 0 Å². The Morgan fingerprint density at radius 3 is 1.30 bits per heavy atom. The molecular weight excluding hydrogens is 816 g/mol. The summed E-state index contributed by atoms with van der Waals surface area (Å²) in [6.45, 7) is 4.88. The van der Waals surface area contributed by atoms with E-state index in [1.807, 2.05) is 21.1 Å². The van der Waals surface area contributed by atoms with Crippen LogP contribution < -0.4 is 5.32 Å². The van der Waals surface area contributed by atoms with Gasteiger partial charge in [-0.2, -0.15) is 0 Å². The summed E-state index contributed by atoms with van der Waals surface area (Å²) in [6.07, 6.45) is 59.2. The van der Waals surface area contributed by atoms with Gasteiger partial charge in [-0.1, -0.05) is 237 Å². The highest BCUT2D eigenvalue weighted by Crippen LogP contribution is 2.43. The van der Waals surface area contributed by atoms with Crippen LogP contribution in [-0.2, 0) is 18.4 Å². The van der Waals surface area contributed by atoms with Gasteiger partial charge in [0, 0.05) is 6.42 Å². The molecule has 0 aliphatic heterocycles. The lowest BCUT2D eigenvalue weighted by atomic mass is 10.0. The van der Waals surface area contributed by atoms with Crippen molar-refractivity contribution in [1.82, 2.24) is 5.32 Å². The van der Waals surface area contributed by atoms with Crippen molar-refractivity contribution in [3.8, 4) is 0 Å². The smallest absolute Gasteiger partial charge is 0.391 e. The normalized spacial score (nSPS) is 14.3. The minimum atomic E-state index is -4.31. The predicted octanol–water partition coefficient (Wildman–Crippen LogP) is 16.2. The van der Waals surface area contributed by atoms with Gasteiger partial charge in [-0.15, -0.1) is 0 Å². The maximum absolute atomic E-state index is 12.9. The van der Waals surface area contributed by atoms with Crippen molar-refractivity contribution in [2.24, 2.45) is 0 Å². The van der Waals surface area contributed by atoms with Crippen LogP contribution in [0.3, 0.4) is 0 Å². The molecule has 0 heterocycles. The second-order valence-corrected chi connectivity index (χ2v) is 21.4. The fraction of sp³-hybridized carbons (Fsp3) is 0.873. The Hall–Kier alpha value is -1.28. The van der Waals surface area contributed by atoms with Crippen molar-refractivity contribution in [2.75, 3.05) is 40.9 Å². The lowest BCUT2D eigenvalue weighted by Crippen LogP contribution is -2.46. The van der Waals surface area contributed by atoms with Crippen molar-refractivity contribution in [2.45, 2.75) is 270 Å². The number of carbonyl (C=O) groups excluding carboxylic acids is 1. The van der Waals surface area contributed by atoms with Crippen LogP contribution in [0, 0.1) is 0 Å². The summed E-state index contributed by atoms with van der Waals surface area (Å²) in [6, 6.07) is -0.758. The monoisotopic (exact) mass is 924 g/mol. The zero-order valence-corrected chi connectivity index (χ0v) is 43.9. The molecule has 0 radical (unpaired) electrons. The summed E-state index contributed by atoms with van der Waals surface area (Å²) in [7, 11) is 1.62. The number of unbranched alkanes of at least 4 members (excludes halogenated alkanes) is 31. The van der Waals surface area contributed by atoms with E-state index in [1.165, 1.54) is 180 Å². The quantitative estimate of drug-likeness (QED) is 0.0243. The molecular formula is C55H108N2O6P+. The van der Waals surface area contributed by atoms with Gasteiger partial charge in [-0.05, 0) is 51.4 Å². The molecule has 0 saturated heterocycles. The van der Waals surface area contributed by atoms with Crippen LogP contribution in [0.15, 0.2) is 36.5 Å². The minimum Gasteiger partial charge on any atom is -0.391 e. The van der Waals surface area contributed by atoms with Crippen molar-refractivity contribution < 1.29 is 32.9 Å². The van der Waals surface area contributed by atoms with Crippen LogP contribution in [0.4, 0.5) is 0 Å². The Balaban J connectivity index is 4.00. The van der Waals surface area contributed by atoms with Crippen molar-refractivity contribution in [1.29, 1.82) is 0 Å². The fourth-order valence-electron chi connectivity index (χ4n) is 8.05. The van der Waals surface area contributed by atoms with E-state index in [2.05, 4.69) is 55.6 Å². The third-order valence-electron chi connectivity index (χ3n) is 12.4. The maximum atomic E-state index is 12.9. The number of nitrogens with zero attached hydrogens (tertiary/aromatic N) is 1. The van der Waals surface area contributed by atoms with Gasteiger partial charge in [-0.25, -0.2) is 4.57 Å². The molecule has 3 N–H and O–H groups in total. The van der Waals surface area contributed by atoms with E-state index in [0.717, 1.165) is 51.4 Å². The Morgan fingerprint density at radius 1 is 0.531 bits per heavy atom. The highest BCUT2D eigenvalue weighted by atomic mass is 31.2. The van der Waals surface area contributed by atoms with Crippen molar-refractivity contribution in [3.63, 3.8) is 0 Å². The van der Waals surface area contributed by atoms with Crippen LogP contribution in [0.2, 0.25) is 0 Å². The van der Waals surface area contributed by atoms with E-state index in [0.29, 0.717) is 23.9 Å². The molecule has 0 aromatic carbocycles. The number of rotatable bonds is 50. The average Bonchev–Trinajstić information content (AvgIpc) is 3.25. The van der Waals surface area contributed by atoms with Crippen LogP contribution in [-0.4, -0.2) is 73.4 Å². The molecule has 378 valence electrons. The molecule has 0 spiro atoms. The van der Waals surface area contributed by atoms with Crippen LogP contribution >= 0.6 is 7.82 Å². The number of hydrogen-bond acceptors (Lipinski definition) is 5. The van der Waals surface area contributed by atoms with E-state index in [1.54, 1.807) is 0 Å². The predicted molar refractivity (Wildman–Crippen MR) is 277 cm³/mol. The molecule has 8 nitrogen and oxygen atoms in total. The Kier molecular flexibility index (Phi) is 45.9. The number of amides is 1. The second-order valence-electron chi connectivity index (χ2n) is 20.0. The molecule has 0 aromatic rings. The molecule has 1 amide bonds. The van der Waals surface area contributed by atoms with Gasteiger partial charge < -0.3 is 19.8 Å². The number of carbonyl (C=O) groups is 1. The van der Waals surface area contributed by atoms with Gasteiger partial charge in [0.25, 0.3) is 0 Å². The van der Waals surface area contributed by atoms with Crippen LogP contribution in [0.5, 0.6) is 0 Å². The Morgan fingerprint density at radius 2 is 0.891 bits per heavy atom. The van der Waals surface area contributed by atoms with Gasteiger partial charge >= 0.3 is 7.82 Å². The van der Waals surface area contributed by atoms with Gasteiger partial charge in [0.1, 0.15) is 13.2 Å². The summed E-state index contributed by atoms with van der Waals surface area (Å²) in [5, 5.41) is 14.0. The van der Waals surface area contributed by atoms with E-state index in [4.69, 9.17) is 9.05 Å². The Bertz CT molecular complexity index is 1140. The standard InChI is InChI=1S/C55H107N2O6P/c1-6-8-10-12-14-16-18-19-20-21-22-23-24-25-26-27-28-29-30-31-32-33-34-35-36-37-39-41-43-45-47-49-55(59)56-53(52-63-64(60,61)62-51-50-57(3,4)5)54(58)48-46-44-42-40-38-17-15-13-11-9-7-2/h18-19,21-22,24-25,53-54,58H,6-17,20,23,26-52H2,1-5H3,(H-,56,59,60,61)/p+1/b19-18-,22-21-,25-24-. The average molecular weight is 924 g/mol. The number of quaternary nitrogens is 1. The molecule has 0 aromatic heterocycles. The number of nitrogens with one attached hydrogen (secondary N) is 1. The van der Waals surface area contributed by atoms with Crippen LogP contribution in [0.25, 0.3) is 0 Å². The summed E-state index contributed by atoms with van der Waals surface area (Å²) in [5.41, 5.74) is 0. The number of aliphatic hydroxyl groups is 1. The van der Waals surface area contributed by atoms with E-state index in [9.17, 15) is 19.4 Å². The first-order chi connectivity index (χ1) is 31.0. The number of aliphatic hydroxyl groups excluding tert-OH is 1. The molecule has 0 saturated carbocycles. The summed E-state index contributed by atoms with van der Waals surface area (Å²) in [4.78, 5) is 23.2. The molecule has 0 fully saturated rings. The lowest BCUT2D eigenvalue weighted by Gasteiger charge is -2.26. The highest BCUT2D eigenvalue weighted by Gasteiger charge is 2.28. The van der Waals surface area contributed by atoms with E-state index >= 15 is 0 Å². The van der Waals surface area contributed by atoms with Crippen molar-refractivity contribution in [3.05, 3.63) is 36.5 Å². The summed E-state index contributed by atoms with van der Waals surface area (Å²) in [5.74, 6) is -0.144. The highest BCUT2D eigenvalue weighted by molar-refractivity contribution is 7.47. The first-order valence-corrected chi connectivity index (χ1v) is 28.8. The molecule has 0 aliphatic rings. The lowest BCUT2D eigenvalue weighted by molar-refractivity contribution is -0.870. The van der Waals surface area contributed by atoms with Gasteiger partial charge in [0.05, 0.1) is 39.9 Å². The second kappa shape index (κ2) is 46.8. The largest absolute Gasteiger partial charge is 0.472 e. The minimum absolute atomic E-state index is 0.0754. The molecule has 3 unspecified atom stereocenters. The molecule has 0 bridgehead atoms. The first kappa shape index (κ1) is 62.7. The van der Waals surface area contributed by atoms with E-state index < -0.39 is 20.0 Å². The molecule has 0 aliphatic carbocycles. The number of phosphoric ester groups is 1. The number of phosphoric acid groups is 1. The Labute approximate surface area is 397 Å². The van der Waals surface area contributed by atoms with E-state index in [-0.39, 0.29) is 19.1 Å². The molecule has 9 heteroatoms. The van der Waals surface area contributed by atoms with Crippen LogP contribution in [0.1, 0.15) is 258 Å². The molecule has 3 atom stereocenters. The molecule has 64 heavy (non-hydrogen) atoms. The third kappa shape index (κ3) is 48.6. The van der Waals surface area contributed by atoms with Gasteiger partial charge in [0.2, 0.25) is 5.91 Å². The van der Waals surface area contributed by atoms with Crippen molar-refractivity contribution >= 4 is 13.7 Å². The first-order valence-electron chi connectivity index (χ1n) is 27.4. The zero-order chi connectivity index (χ0) is 47.1. The SMILES string of the molecule is CCCCCCC/C=C\C/C=C\C/C=C\CCCCCCCCCCCCCCCCCCC(=O)NC(COP(=O)(O)OCC[N+](C)(C)C)C(O)CCCCCCCCCCCCC. The molecule has 0 rings (SSSR count). The third-order valence-corrected chi connectivity index (χ3v) is 13.4. The van der Waals surface area contributed by atoms with Gasteiger partial charge in [-0.3, -0.25) is 13.8 Å².